The molecule has 6 rings (SSSR count). The van der Waals surface area contributed by atoms with E-state index in [0.717, 1.165) is 55.7 Å². The van der Waals surface area contributed by atoms with Crippen LogP contribution in [0.25, 0.3) is 16.5 Å². The summed E-state index contributed by atoms with van der Waals surface area (Å²) < 4.78 is 17.4. The Morgan fingerprint density at radius 3 is 2.78 bits per heavy atom. The summed E-state index contributed by atoms with van der Waals surface area (Å²) in [6.45, 7) is 4.29. The van der Waals surface area contributed by atoms with E-state index in [1.165, 1.54) is 12.0 Å². The number of furan rings is 1. The van der Waals surface area contributed by atoms with Crippen molar-refractivity contribution in [2.75, 3.05) is 26.2 Å². The molecule has 1 aromatic carbocycles. The lowest BCUT2D eigenvalue weighted by Crippen LogP contribution is -2.37. The minimum Gasteiger partial charge on any atom is -0.473 e. The Hall–Kier alpha value is -3.66. The standard InChI is InChI=1S/C31H31N3O3/c32-19-24-8-9-26(31-28(24)13-17-36-31)21-37-30-7-3-6-29(33-30)22-10-14-34(15-11-22)20-25-5-2-1-4-23(25)18-27-12-16-35-27/h1-10,13,17,23,25,27H,11-12,14-16,18,20-21H2/t23-,25?,27?/m1/s1. The van der Waals surface area contributed by atoms with Crippen molar-refractivity contribution in [3.05, 3.63) is 89.9 Å². The first-order valence-electron chi connectivity index (χ1n) is 13.1. The van der Waals surface area contributed by atoms with Crippen LogP contribution in [0.5, 0.6) is 5.88 Å². The number of ether oxygens (including phenoxy) is 2. The molecule has 37 heavy (non-hydrogen) atoms. The van der Waals surface area contributed by atoms with Gasteiger partial charge in [-0.1, -0.05) is 42.5 Å². The third-order valence-corrected chi connectivity index (χ3v) is 7.72. The van der Waals surface area contributed by atoms with Crippen LogP contribution in [0.1, 0.15) is 36.1 Å². The van der Waals surface area contributed by atoms with E-state index in [0.29, 0.717) is 41.6 Å². The molecule has 2 unspecified atom stereocenters. The van der Waals surface area contributed by atoms with Crippen LogP contribution in [0.2, 0.25) is 0 Å². The number of pyridine rings is 1. The second-order valence-corrected chi connectivity index (χ2v) is 10.1. The zero-order valence-electron chi connectivity index (χ0n) is 20.9. The summed E-state index contributed by atoms with van der Waals surface area (Å²) in [6, 6.07) is 13.7. The SMILES string of the molecule is N#Cc1ccc(COc2cccc(C3=CCN(CC4C=CC=C[C@@H]4CC4CCO4)CC3)n2)c2occc12. The van der Waals surface area contributed by atoms with Gasteiger partial charge in [0.1, 0.15) is 12.2 Å². The highest BCUT2D eigenvalue weighted by Crippen LogP contribution is 2.31. The summed E-state index contributed by atoms with van der Waals surface area (Å²) in [6.07, 6.45) is 16.8. The second kappa shape index (κ2) is 10.8. The van der Waals surface area contributed by atoms with E-state index in [1.807, 2.05) is 30.3 Å². The molecule has 1 aliphatic carbocycles. The minimum absolute atomic E-state index is 0.329. The number of aromatic nitrogens is 1. The van der Waals surface area contributed by atoms with Crippen molar-refractivity contribution >= 4 is 16.5 Å². The lowest BCUT2D eigenvalue weighted by molar-refractivity contribution is -0.0627. The van der Waals surface area contributed by atoms with Crippen LogP contribution in [0.15, 0.2) is 77.5 Å². The Morgan fingerprint density at radius 1 is 1.11 bits per heavy atom. The van der Waals surface area contributed by atoms with Gasteiger partial charge in [-0.05, 0) is 54.9 Å². The average Bonchev–Trinajstić information content (AvgIpc) is 3.41. The van der Waals surface area contributed by atoms with E-state index in [-0.39, 0.29) is 0 Å². The van der Waals surface area contributed by atoms with Crippen molar-refractivity contribution in [2.45, 2.75) is 32.0 Å². The molecule has 0 spiro atoms. The molecule has 3 atom stereocenters. The van der Waals surface area contributed by atoms with E-state index in [9.17, 15) is 5.26 Å². The van der Waals surface area contributed by atoms with E-state index < -0.39 is 0 Å². The number of nitriles is 1. The van der Waals surface area contributed by atoms with Crippen molar-refractivity contribution in [3.63, 3.8) is 0 Å². The van der Waals surface area contributed by atoms with Gasteiger partial charge in [-0.2, -0.15) is 5.26 Å². The number of rotatable bonds is 8. The molecular weight excluding hydrogens is 462 g/mol. The largest absolute Gasteiger partial charge is 0.473 e. The van der Waals surface area contributed by atoms with Crippen LogP contribution >= 0.6 is 0 Å². The smallest absolute Gasteiger partial charge is 0.214 e. The molecule has 1 saturated heterocycles. The molecule has 188 valence electrons. The topological polar surface area (TPSA) is 71.5 Å². The minimum atomic E-state index is 0.329. The molecule has 1 fully saturated rings. The van der Waals surface area contributed by atoms with Crippen LogP contribution in [0.3, 0.4) is 0 Å². The van der Waals surface area contributed by atoms with Crippen molar-refractivity contribution in [2.24, 2.45) is 11.8 Å². The quantitative estimate of drug-likeness (QED) is 0.389. The fourth-order valence-corrected chi connectivity index (χ4v) is 5.49. The number of hydrogen-bond acceptors (Lipinski definition) is 6. The predicted octanol–water partition coefficient (Wildman–Crippen LogP) is 5.90. The maximum atomic E-state index is 9.31. The van der Waals surface area contributed by atoms with E-state index in [4.69, 9.17) is 18.9 Å². The van der Waals surface area contributed by atoms with Gasteiger partial charge in [-0.3, -0.25) is 4.90 Å². The van der Waals surface area contributed by atoms with Crippen LogP contribution < -0.4 is 4.74 Å². The second-order valence-electron chi connectivity index (χ2n) is 10.1. The van der Waals surface area contributed by atoms with Gasteiger partial charge in [0.2, 0.25) is 5.88 Å². The van der Waals surface area contributed by atoms with Gasteiger partial charge in [-0.25, -0.2) is 4.98 Å². The molecule has 2 aromatic heterocycles. The van der Waals surface area contributed by atoms with Crippen molar-refractivity contribution < 1.29 is 13.9 Å². The molecule has 0 radical (unpaired) electrons. The normalized spacial score (nSPS) is 23.4. The summed E-state index contributed by atoms with van der Waals surface area (Å²) in [4.78, 5) is 7.34. The molecule has 2 aliphatic heterocycles. The van der Waals surface area contributed by atoms with Crippen LogP contribution in [-0.4, -0.2) is 42.2 Å². The first-order chi connectivity index (χ1) is 18.3. The first kappa shape index (κ1) is 23.7. The summed E-state index contributed by atoms with van der Waals surface area (Å²) >= 11 is 0. The average molecular weight is 494 g/mol. The highest BCUT2D eigenvalue weighted by molar-refractivity contribution is 5.86. The van der Waals surface area contributed by atoms with Crippen molar-refractivity contribution in [1.82, 2.24) is 9.88 Å². The number of nitrogens with zero attached hydrogens (tertiary/aromatic N) is 3. The zero-order chi connectivity index (χ0) is 25.0. The Morgan fingerprint density at radius 2 is 2.00 bits per heavy atom. The molecule has 6 heteroatoms. The molecule has 3 aromatic rings. The summed E-state index contributed by atoms with van der Waals surface area (Å²) in [5, 5.41) is 10.1. The lowest BCUT2D eigenvalue weighted by atomic mass is 9.82. The monoisotopic (exact) mass is 493 g/mol. The number of hydrogen-bond donors (Lipinski definition) is 0. The third kappa shape index (κ3) is 5.24. The maximum Gasteiger partial charge on any atom is 0.214 e. The van der Waals surface area contributed by atoms with E-state index in [2.05, 4.69) is 47.4 Å². The fraction of sp³-hybridized carbons (Fsp3) is 0.355. The zero-order valence-corrected chi connectivity index (χ0v) is 20.9. The van der Waals surface area contributed by atoms with Gasteiger partial charge in [0.05, 0.1) is 29.7 Å². The number of allylic oxidation sites excluding steroid dienone is 3. The molecule has 4 heterocycles. The van der Waals surface area contributed by atoms with Gasteiger partial charge in [-0.15, -0.1) is 0 Å². The highest BCUT2D eigenvalue weighted by Gasteiger charge is 2.28. The van der Waals surface area contributed by atoms with Gasteiger partial charge in [0.15, 0.2) is 0 Å². The van der Waals surface area contributed by atoms with Gasteiger partial charge in [0, 0.05) is 43.3 Å². The predicted molar refractivity (Wildman–Crippen MR) is 143 cm³/mol. The van der Waals surface area contributed by atoms with E-state index in [1.54, 1.807) is 6.26 Å². The van der Waals surface area contributed by atoms with Crippen molar-refractivity contribution in [3.8, 4) is 11.9 Å². The molecular formula is C31H31N3O3. The van der Waals surface area contributed by atoms with Gasteiger partial charge in [0.25, 0.3) is 0 Å². The summed E-state index contributed by atoms with van der Waals surface area (Å²) in [5.74, 6) is 1.70. The Bertz CT molecular complexity index is 1390. The number of fused-ring (bicyclic) bond motifs is 1. The fourth-order valence-electron chi connectivity index (χ4n) is 5.49. The molecule has 0 saturated carbocycles. The van der Waals surface area contributed by atoms with Crippen LogP contribution in [0, 0.1) is 23.2 Å². The summed E-state index contributed by atoms with van der Waals surface area (Å²) in [5.41, 5.74) is 4.43. The maximum absolute atomic E-state index is 9.31. The first-order valence-corrected chi connectivity index (χ1v) is 13.1. The highest BCUT2D eigenvalue weighted by atomic mass is 16.5. The van der Waals surface area contributed by atoms with E-state index >= 15 is 0 Å². The Labute approximate surface area is 217 Å². The van der Waals surface area contributed by atoms with Gasteiger partial charge < -0.3 is 13.9 Å². The van der Waals surface area contributed by atoms with Crippen molar-refractivity contribution in [1.29, 1.82) is 5.26 Å². The van der Waals surface area contributed by atoms with Crippen LogP contribution in [0.4, 0.5) is 0 Å². The number of benzene rings is 1. The molecule has 0 N–H and O–H groups in total. The van der Waals surface area contributed by atoms with Gasteiger partial charge >= 0.3 is 0 Å². The third-order valence-electron chi connectivity index (χ3n) is 7.72. The Balaban J connectivity index is 1.07. The summed E-state index contributed by atoms with van der Waals surface area (Å²) in [7, 11) is 0. The Kier molecular flexibility index (Phi) is 6.90. The molecule has 0 amide bonds. The lowest BCUT2D eigenvalue weighted by Gasteiger charge is -2.36. The molecule has 3 aliphatic rings. The molecule has 0 bridgehead atoms. The molecule has 6 nitrogen and oxygen atoms in total. The van der Waals surface area contributed by atoms with Crippen LogP contribution in [-0.2, 0) is 11.3 Å².